The number of aromatic nitrogens is 3. The van der Waals surface area contributed by atoms with Gasteiger partial charge in [0.25, 0.3) is 0 Å². The largest absolute Gasteiger partial charge is 0.355 e. The topological polar surface area (TPSA) is 45.2 Å². The first-order chi connectivity index (χ1) is 12.8. The van der Waals surface area contributed by atoms with Gasteiger partial charge < -0.3 is 9.80 Å². The summed E-state index contributed by atoms with van der Waals surface area (Å²) in [7, 11) is 0. The summed E-state index contributed by atoms with van der Waals surface area (Å²) in [6.45, 7) is 4.89. The molecule has 0 atom stereocenters. The average Bonchev–Trinajstić information content (AvgIpc) is 3.18. The second kappa shape index (κ2) is 6.89. The number of anilines is 1. The van der Waals surface area contributed by atoms with Crippen molar-refractivity contribution in [3.8, 4) is 10.7 Å². The Bertz CT molecular complexity index is 707. The molecule has 1 spiro atoms. The predicted molar refractivity (Wildman–Crippen MR) is 105 cm³/mol. The first-order valence-electron chi connectivity index (χ1n) is 10.0. The lowest BCUT2D eigenvalue weighted by atomic mass is 9.70. The molecule has 0 bridgehead atoms. The van der Waals surface area contributed by atoms with Crippen LogP contribution in [0.2, 0.25) is 0 Å². The van der Waals surface area contributed by atoms with E-state index < -0.39 is 0 Å². The molecule has 0 N–H and O–H groups in total. The van der Waals surface area contributed by atoms with Gasteiger partial charge in [0.1, 0.15) is 10.7 Å². The lowest BCUT2D eigenvalue weighted by Crippen LogP contribution is -2.51. The predicted octanol–water partition coefficient (Wildman–Crippen LogP) is 3.84. The molecule has 2 saturated heterocycles. The highest BCUT2D eigenvalue weighted by atomic mass is 32.1. The van der Waals surface area contributed by atoms with Crippen molar-refractivity contribution in [1.29, 1.82) is 0 Å². The molecule has 1 aliphatic carbocycles. The Labute approximate surface area is 159 Å². The second-order valence-corrected chi connectivity index (χ2v) is 9.12. The van der Waals surface area contributed by atoms with Crippen molar-refractivity contribution in [1.82, 2.24) is 20.1 Å². The van der Waals surface area contributed by atoms with Gasteiger partial charge in [-0.2, -0.15) is 0 Å². The van der Waals surface area contributed by atoms with Crippen LogP contribution >= 0.6 is 11.3 Å². The van der Waals surface area contributed by atoms with Gasteiger partial charge in [0.15, 0.2) is 5.82 Å². The minimum atomic E-state index is 0.588. The Balaban J connectivity index is 1.18. The third-order valence-corrected chi connectivity index (χ3v) is 7.70. The van der Waals surface area contributed by atoms with Crippen LogP contribution in [0.15, 0.2) is 23.7 Å². The van der Waals surface area contributed by atoms with Crippen molar-refractivity contribution in [2.45, 2.75) is 51.0 Å². The monoisotopic (exact) mass is 369 g/mol. The van der Waals surface area contributed by atoms with Crippen LogP contribution in [0.1, 0.15) is 44.9 Å². The molecule has 6 heteroatoms. The molecule has 0 unspecified atom stereocenters. The summed E-state index contributed by atoms with van der Waals surface area (Å²) < 4.78 is 0. The number of hydrogen-bond acceptors (Lipinski definition) is 6. The summed E-state index contributed by atoms with van der Waals surface area (Å²) >= 11 is 1.61. The number of piperidine rings is 2. The van der Waals surface area contributed by atoms with Crippen LogP contribution in [-0.2, 0) is 0 Å². The van der Waals surface area contributed by atoms with E-state index in [1.807, 2.05) is 11.6 Å². The highest BCUT2D eigenvalue weighted by molar-refractivity contribution is 7.13. The van der Waals surface area contributed by atoms with E-state index in [4.69, 9.17) is 0 Å². The van der Waals surface area contributed by atoms with E-state index in [1.54, 1.807) is 11.3 Å². The van der Waals surface area contributed by atoms with E-state index in [0.29, 0.717) is 5.41 Å². The van der Waals surface area contributed by atoms with Crippen molar-refractivity contribution in [2.75, 3.05) is 31.1 Å². The maximum absolute atomic E-state index is 4.48. The Morgan fingerprint density at radius 2 is 1.73 bits per heavy atom. The molecular weight excluding hydrogens is 342 g/mol. The van der Waals surface area contributed by atoms with E-state index in [9.17, 15) is 0 Å². The molecule has 0 aromatic carbocycles. The molecule has 2 aliphatic heterocycles. The van der Waals surface area contributed by atoms with E-state index in [-0.39, 0.29) is 0 Å². The van der Waals surface area contributed by atoms with E-state index in [2.05, 4.69) is 37.1 Å². The minimum Gasteiger partial charge on any atom is -0.355 e. The SMILES string of the molecule is c1csc(-c2ccc(N3CCC4(CC3)CCN(C3CCC3)CC4)nn2)n1. The molecule has 0 radical (unpaired) electrons. The Kier molecular flexibility index (Phi) is 4.41. The van der Waals surface area contributed by atoms with Gasteiger partial charge in [-0.25, -0.2) is 4.98 Å². The van der Waals surface area contributed by atoms with Gasteiger partial charge >= 0.3 is 0 Å². The number of thiazole rings is 1. The van der Waals surface area contributed by atoms with E-state index in [0.717, 1.165) is 35.7 Å². The zero-order valence-corrected chi connectivity index (χ0v) is 16.1. The van der Waals surface area contributed by atoms with Gasteiger partial charge in [0.2, 0.25) is 0 Å². The van der Waals surface area contributed by atoms with Crippen molar-refractivity contribution in [2.24, 2.45) is 5.41 Å². The van der Waals surface area contributed by atoms with Crippen LogP contribution < -0.4 is 4.90 Å². The van der Waals surface area contributed by atoms with Crippen molar-refractivity contribution in [3.63, 3.8) is 0 Å². The maximum atomic E-state index is 4.48. The zero-order valence-electron chi connectivity index (χ0n) is 15.3. The van der Waals surface area contributed by atoms with Gasteiger partial charge in [0.05, 0.1) is 0 Å². The molecule has 0 amide bonds. The second-order valence-electron chi connectivity index (χ2n) is 8.22. The molecular formula is C20H27N5S. The van der Waals surface area contributed by atoms with Gasteiger partial charge in [-0.05, 0) is 69.2 Å². The van der Waals surface area contributed by atoms with E-state index >= 15 is 0 Å². The number of hydrogen-bond donors (Lipinski definition) is 0. The Morgan fingerprint density at radius 1 is 0.962 bits per heavy atom. The van der Waals surface area contributed by atoms with Gasteiger partial charge in [-0.3, -0.25) is 0 Å². The van der Waals surface area contributed by atoms with Crippen LogP contribution in [0.4, 0.5) is 5.82 Å². The van der Waals surface area contributed by atoms with Gasteiger partial charge in [0, 0.05) is 30.7 Å². The molecule has 3 aliphatic rings. The maximum Gasteiger partial charge on any atom is 0.151 e. The van der Waals surface area contributed by atoms with Crippen molar-refractivity contribution >= 4 is 17.2 Å². The molecule has 2 aromatic rings. The molecule has 1 saturated carbocycles. The van der Waals surface area contributed by atoms with Crippen molar-refractivity contribution < 1.29 is 0 Å². The summed E-state index contributed by atoms with van der Waals surface area (Å²) in [6.07, 6.45) is 11.5. The first-order valence-corrected chi connectivity index (χ1v) is 10.9. The molecule has 5 nitrogen and oxygen atoms in total. The number of likely N-dealkylation sites (tertiary alicyclic amines) is 1. The van der Waals surface area contributed by atoms with Crippen molar-refractivity contribution in [3.05, 3.63) is 23.7 Å². The normalized spacial score (nSPS) is 23.9. The fourth-order valence-electron chi connectivity index (χ4n) is 4.78. The molecule has 2 aromatic heterocycles. The minimum absolute atomic E-state index is 0.588. The fraction of sp³-hybridized carbons (Fsp3) is 0.650. The summed E-state index contributed by atoms with van der Waals surface area (Å²) in [5.74, 6) is 1.02. The summed E-state index contributed by atoms with van der Waals surface area (Å²) in [5, 5.41) is 11.8. The van der Waals surface area contributed by atoms with Crippen LogP contribution in [0.3, 0.4) is 0 Å². The van der Waals surface area contributed by atoms with Crippen LogP contribution in [-0.4, -0.2) is 52.3 Å². The molecule has 138 valence electrons. The number of rotatable bonds is 3. The molecule has 4 heterocycles. The summed E-state index contributed by atoms with van der Waals surface area (Å²) in [5.41, 5.74) is 1.46. The average molecular weight is 370 g/mol. The lowest BCUT2D eigenvalue weighted by Gasteiger charge is -2.50. The first kappa shape index (κ1) is 16.6. The fourth-order valence-corrected chi connectivity index (χ4v) is 5.39. The number of nitrogens with zero attached hydrogens (tertiary/aromatic N) is 5. The van der Waals surface area contributed by atoms with Crippen LogP contribution in [0, 0.1) is 5.41 Å². The zero-order chi connectivity index (χ0) is 17.4. The highest BCUT2D eigenvalue weighted by Gasteiger charge is 2.39. The lowest BCUT2D eigenvalue weighted by molar-refractivity contribution is 0.0305. The summed E-state index contributed by atoms with van der Waals surface area (Å²) in [6, 6.07) is 5.09. The van der Waals surface area contributed by atoms with Gasteiger partial charge in [-0.1, -0.05) is 6.42 Å². The van der Waals surface area contributed by atoms with Crippen LogP contribution in [0.25, 0.3) is 10.7 Å². The molecule has 5 rings (SSSR count). The smallest absolute Gasteiger partial charge is 0.151 e. The highest BCUT2D eigenvalue weighted by Crippen LogP contribution is 2.43. The van der Waals surface area contributed by atoms with Crippen LogP contribution in [0.5, 0.6) is 0 Å². The molecule has 26 heavy (non-hydrogen) atoms. The Morgan fingerprint density at radius 3 is 2.31 bits per heavy atom. The third-order valence-electron chi connectivity index (χ3n) is 6.90. The Hall–Kier alpha value is -1.53. The summed E-state index contributed by atoms with van der Waals surface area (Å²) in [4.78, 5) is 9.50. The standard InChI is InChI=1S/C20H27N5S/c1-2-16(3-1)24-11-6-20(7-12-24)8-13-25(14-9-20)18-5-4-17(22-23-18)19-21-10-15-26-19/h4-5,10,15-16H,1-3,6-9,11-14H2. The van der Waals surface area contributed by atoms with E-state index in [1.165, 1.54) is 58.0 Å². The quantitative estimate of drug-likeness (QED) is 0.823. The molecule has 3 fully saturated rings. The van der Waals surface area contributed by atoms with Gasteiger partial charge in [-0.15, -0.1) is 21.5 Å². The third kappa shape index (κ3) is 3.14.